The van der Waals surface area contributed by atoms with Gasteiger partial charge in [0.05, 0.1) is 12.6 Å². The molecule has 29 heavy (non-hydrogen) atoms. The molecule has 1 aliphatic heterocycles. The molecule has 7 nitrogen and oxygen atoms in total. The van der Waals surface area contributed by atoms with Crippen LogP contribution in [-0.2, 0) is 22.6 Å². The van der Waals surface area contributed by atoms with Gasteiger partial charge in [-0.3, -0.25) is 19.3 Å². The first-order chi connectivity index (χ1) is 14.0. The Balaban J connectivity index is 1.42. The van der Waals surface area contributed by atoms with Crippen molar-refractivity contribution in [2.24, 2.45) is 5.73 Å². The SMILES string of the molecule is NC(=O)[C@@H]1Cc2ccccc2CN1CC(=O)Nc1cccc(C(=O)NC2CC2)c1. The highest BCUT2D eigenvalue weighted by molar-refractivity contribution is 5.98. The van der Waals surface area contributed by atoms with E-state index in [1.807, 2.05) is 24.3 Å². The quantitative estimate of drug-likeness (QED) is 0.692. The third-order valence-electron chi connectivity index (χ3n) is 5.34. The normalized spacial score (nSPS) is 18.6. The molecule has 1 heterocycles. The van der Waals surface area contributed by atoms with Crippen molar-refractivity contribution in [1.82, 2.24) is 10.2 Å². The lowest BCUT2D eigenvalue weighted by Gasteiger charge is -2.34. The third kappa shape index (κ3) is 4.63. The molecule has 0 saturated heterocycles. The van der Waals surface area contributed by atoms with Gasteiger partial charge in [-0.1, -0.05) is 30.3 Å². The van der Waals surface area contributed by atoms with Gasteiger partial charge >= 0.3 is 0 Å². The van der Waals surface area contributed by atoms with Crippen LogP contribution in [0, 0.1) is 0 Å². The smallest absolute Gasteiger partial charge is 0.251 e. The van der Waals surface area contributed by atoms with Crippen LogP contribution >= 0.6 is 0 Å². The zero-order valence-electron chi connectivity index (χ0n) is 16.1. The van der Waals surface area contributed by atoms with Crippen molar-refractivity contribution in [2.75, 3.05) is 11.9 Å². The van der Waals surface area contributed by atoms with Crippen LogP contribution in [0.15, 0.2) is 48.5 Å². The molecule has 4 N–H and O–H groups in total. The zero-order valence-corrected chi connectivity index (χ0v) is 16.1. The first-order valence-corrected chi connectivity index (χ1v) is 9.80. The molecule has 2 aromatic carbocycles. The van der Waals surface area contributed by atoms with Gasteiger partial charge in [0.1, 0.15) is 0 Å². The van der Waals surface area contributed by atoms with Gasteiger partial charge in [0.25, 0.3) is 5.91 Å². The van der Waals surface area contributed by atoms with Crippen LogP contribution in [0.3, 0.4) is 0 Å². The highest BCUT2D eigenvalue weighted by Crippen LogP contribution is 2.23. The van der Waals surface area contributed by atoms with E-state index in [0.29, 0.717) is 24.2 Å². The lowest BCUT2D eigenvalue weighted by atomic mass is 9.93. The molecule has 1 saturated carbocycles. The van der Waals surface area contributed by atoms with Crippen LogP contribution in [0.5, 0.6) is 0 Å². The molecular formula is C22H24N4O3. The Labute approximate surface area is 169 Å². The van der Waals surface area contributed by atoms with Crippen molar-refractivity contribution in [2.45, 2.75) is 37.9 Å². The Morgan fingerprint density at radius 1 is 1.03 bits per heavy atom. The van der Waals surface area contributed by atoms with Gasteiger partial charge in [0, 0.05) is 23.8 Å². The lowest BCUT2D eigenvalue weighted by molar-refractivity contribution is -0.125. The number of rotatable bonds is 6. The van der Waals surface area contributed by atoms with Crippen LogP contribution in [0.25, 0.3) is 0 Å². The van der Waals surface area contributed by atoms with Gasteiger partial charge in [-0.25, -0.2) is 0 Å². The molecule has 1 atom stereocenters. The van der Waals surface area contributed by atoms with Crippen molar-refractivity contribution < 1.29 is 14.4 Å². The second-order valence-electron chi connectivity index (χ2n) is 7.67. The first-order valence-electron chi connectivity index (χ1n) is 9.80. The third-order valence-corrected chi connectivity index (χ3v) is 5.34. The van der Waals surface area contributed by atoms with E-state index >= 15 is 0 Å². The van der Waals surface area contributed by atoms with E-state index < -0.39 is 11.9 Å². The molecule has 2 aliphatic rings. The van der Waals surface area contributed by atoms with E-state index in [4.69, 9.17) is 5.73 Å². The summed E-state index contributed by atoms with van der Waals surface area (Å²) < 4.78 is 0. The molecule has 0 radical (unpaired) electrons. The van der Waals surface area contributed by atoms with Gasteiger partial charge in [-0.2, -0.15) is 0 Å². The van der Waals surface area contributed by atoms with Crippen LogP contribution < -0.4 is 16.4 Å². The zero-order chi connectivity index (χ0) is 20.4. The van der Waals surface area contributed by atoms with Gasteiger partial charge in [-0.05, 0) is 48.6 Å². The van der Waals surface area contributed by atoms with E-state index in [2.05, 4.69) is 10.6 Å². The molecule has 4 rings (SSSR count). The van der Waals surface area contributed by atoms with Crippen LogP contribution in [-0.4, -0.2) is 41.2 Å². The summed E-state index contributed by atoms with van der Waals surface area (Å²) in [4.78, 5) is 38.6. The Morgan fingerprint density at radius 2 is 1.79 bits per heavy atom. The fourth-order valence-corrected chi connectivity index (χ4v) is 3.64. The molecule has 0 aromatic heterocycles. The minimum Gasteiger partial charge on any atom is -0.368 e. The lowest BCUT2D eigenvalue weighted by Crippen LogP contribution is -2.50. The molecular weight excluding hydrogens is 368 g/mol. The average molecular weight is 392 g/mol. The summed E-state index contributed by atoms with van der Waals surface area (Å²) in [6, 6.07) is 14.5. The van der Waals surface area contributed by atoms with Gasteiger partial charge in [0.2, 0.25) is 11.8 Å². The molecule has 2 aromatic rings. The second kappa shape index (κ2) is 8.05. The van der Waals surface area contributed by atoms with Crippen molar-refractivity contribution in [1.29, 1.82) is 0 Å². The number of fused-ring (bicyclic) bond motifs is 1. The van der Waals surface area contributed by atoms with E-state index in [-0.39, 0.29) is 24.4 Å². The van der Waals surface area contributed by atoms with Crippen LogP contribution in [0.1, 0.15) is 34.3 Å². The minimum absolute atomic E-state index is 0.0421. The van der Waals surface area contributed by atoms with E-state index in [1.165, 1.54) is 0 Å². The number of nitrogens with two attached hydrogens (primary N) is 1. The predicted molar refractivity (Wildman–Crippen MR) is 109 cm³/mol. The second-order valence-corrected chi connectivity index (χ2v) is 7.67. The summed E-state index contributed by atoms with van der Waals surface area (Å²) in [7, 11) is 0. The molecule has 1 fully saturated rings. The summed E-state index contributed by atoms with van der Waals surface area (Å²) in [5.41, 5.74) is 8.82. The van der Waals surface area contributed by atoms with Gasteiger partial charge < -0.3 is 16.4 Å². The molecule has 7 heteroatoms. The summed E-state index contributed by atoms with van der Waals surface area (Å²) >= 11 is 0. The molecule has 0 spiro atoms. The van der Waals surface area contributed by atoms with Crippen molar-refractivity contribution in [3.05, 3.63) is 65.2 Å². The number of hydrogen-bond acceptors (Lipinski definition) is 4. The fourth-order valence-electron chi connectivity index (χ4n) is 3.64. The Bertz CT molecular complexity index is 955. The number of carbonyl (C=O) groups excluding carboxylic acids is 3. The number of primary amides is 1. The van der Waals surface area contributed by atoms with Gasteiger partial charge in [-0.15, -0.1) is 0 Å². The monoisotopic (exact) mass is 392 g/mol. The fraction of sp³-hybridized carbons (Fsp3) is 0.318. The summed E-state index contributed by atoms with van der Waals surface area (Å²) in [5, 5.41) is 5.76. The van der Waals surface area contributed by atoms with E-state index in [9.17, 15) is 14.4 Å². The number of amides is 3. The predicted octanol–water partition coefficient (Wildman–Crippen LogP) is 1.43. The van der Waals surface area contributed by atoms with E-state index in [0.717, 1.165) is 24.0 Å². The van der Waals surface area contributed by atoms with Crippen LogP contribution in [0.4, 0.5) is 5.69 Å². The summed E-state index contributed by atoms with van der Waals surface area (Å²) in [5.74, 6) is -0.827. The summed E-state index contributed by atoms with van der Waals surface area (Å²) in [6.45, 7) is 0.529. The number of carbonyl (C=O) groups is 3. The van der Waals surface area contributed by atoms with Crippen LogP contribution in [0.2, 0.25) is 0 Å². The summed E-state index contributed by atoms with van der Waals surface area (Å²) in [6.07, 6.45) is 2.53. The van der Waals surface area contributed by atoms with Crippen molar-refractivity contribution >= 4 is 23.4 Å². The number of nitrogens with zero attached hydrogens (tertiary/aromatic N) is 1. The standard InChI is InChI=1S/C22H24N4O3/c23-21(28)19-11-14-4-1-2-5-16(14)12-26(19)13-20(27)24-18-7-3-6-15(10-18)22(29)25-17-8-9-17/h1-7,10,17,19H,8-9,11-13H2,(H2,23,28)(H,24,27)(H,25,29)/t19-/m0/s1. The topological polar surface area (TPSA) is 105 Å². The van der Waals surface area contributed by atoms with E-state index in [1.54, 1.807) is 29.2 Å². The molecule has 0 unspecified atom stereocenters. The maximum absolute atomic E-state index is 12.6. The molecule has 3 amide bonds. The van der Waals surface area contributed by atoms with Crippen molar-refractivity contribution in [3.8, 4) is 0 Å². The highest BCUT2D eigenvalue weighted by Gasteiger charge is 2.31. The molecule has 150 valence electrons. The van der Waals surface area contributed by atoms with Gasteiger partial charge in [0.15, 0.2) is 0 Å². The maximum Gasteiger partial charge on any atom is 0.251 e. The number of hydrogen-bond donors (Lipinski definition) is 3. The first kappa shape index (κ1) is 19.1. The highest BCUT2D eigenvalue weighted by atomic mass is 16.2. The Morgan fingerprint density at radius 3 is 2.52 bits per heavy atom. The molecule has 1 aliphatic carbocycles. The Kier molecular flexibility index (Phi) is 5.31. The number of anilines is 1. The Hall–Kier alpha value is -3.19. The largest absolute Gasteiger partial charge is 0.368 e. The molecule has 0 bridgehead atoms. The maximum atomic E-state index is 12.6. The number of nitrogens with one attached hydrogen (secondary N) is 2. The van der Waals surface area contributed by atoms with Crippen molar-refractivity contribution in [3.63, 3.8) is 0 Å². The number of benzene rings is 2. The minimum atomic E-state index is -0.522. The average Bonchev–Trinajstić information content (AvgIpc) is 3.51.